The summed E-state index contributed by atoms with van der Waals surface area (Å²) in [5, 5.41) is 15.1. The van der Waals surface area contributed by atoms with Gasteiger partial charge in [-0.05, 0) is 20.3 Å². The molecule has 2 N–H and O–H groups in total. The van der Waals surface area contributed by atoms with Gasteiger partial charge in [0.15, 0.2) is 5.57 Å². The second-order valence-corrected chi connectivity index (χ2v) is 3.96. The van der Waals surface area contributed by atoms with Crippen molar-refractivity contribution in [1.82, 2.24) is 5.16 Å². The second kappa shape index (κ2) is 6.58. The van der Waals surface area contributed by atoms with Crippen molar-refractivity contribution in [1.29, 1.82) is 0 Å². The molecule has 7 nitrogen and oxygen atoms in total. The first kappa shape index (κ1) is 14.7. The first-order chi connectivity index (χ1) is 8.93. The molecule has 0 fully saturated rings. The van der Waals surface area contributed by atoms with E-state index in [-0.39, 0.29) is 12.0 Å². The highest BCUT2D eigenvalue weighted by molar-refractivity contribution is 6.13. The number of anilines is 1. The Bertz CT molecular complexity index is 492. The van der Waals surface area contributed by atoms with Crippen LogP contribution in [0.25, 0.3) is 0 Å². The van der Waals surface area contributed by atoms with Gasteiger partial charge in [0.05, 0.1) is 11.8 Å². The third-order valence-corrected chi connectivity index (χ3v) is 2.32. The molecule has 0 saturated heterocycles. The topological polar surface area (TPSA) is 102 Å². The maximum Gasteiger partial charge on any atom is 0.347 e. The molecule has 0 amide bonds. The molecule has 1 rings (SSSR count). The summed E-state index contributed by atoms with van der Waals surface area (Å²) in [5.41, 5.74) is 0.129. The van der Waals surface area contributed by atoms with Crippen LogP contribution in [-0.2, 0) is 14.3 Å². The summed E-state index contributed by atoms with van der Waals surface area (Å²) in [6, 6.07) is 1.57. The second-order valence-electron chi connectivity index (χ2n) is 3.96. The molecule has 1 aromatic heterocycles. The van der Waals surface area contributed by atoms with Gasteiger partial charge in [0.25, 0.3) is 0 Å². The third kappa shape index (κ3) is 4.46. The van der Waals surface area contributed by atoms with Gasteiger partial charge >= 0.3 is 11.9 Å². The highest BCUT2D eigenvalue weighted by atomic mass is 16.5. The van der Waals surface area contributed by atoms with Crippen LogP contribution in [0.5, 0.6) is 0 Å². The number of carbonyl (C=O) groups excluding carboxylic acids is 1. The summed E-state index contributed by atoms with van der Waals surface area (Å²) in [7, 11) is 0. The number of carboxylic acid groups (broad SMARTS) is 1. The van der Waals surface area contributed by atoms with Crippen molar-refractivity contribution in [3.05, 3.63) is 23.5 Å². The van der Waals surface area contributed by atoms with Gasteiger partial charge in [0.1, 0.15) is 0 Å². The third-order valence-electron chi connectivity index (χ3n) is 2.32. The van der Waals surface area contributed by atoms with Crippen LogP contribution in [0.15, 0.2) is 22.4 Å². The Balaban J connectivity index is 2.76. The van der Waals surface area contributed by atoms with Crippen molar-refractivity contribution in [2.75, 3.05) is 5.32 Å². The number of rotatable bonds is 6. The summed E-state index contributed by atoms with van der Waals surface area (Å²) in [5.74, 6) is -2.03. The number of aryl methyl sites for hydroxylation is 1. The number of carboxylic acids is 1. The van der Waals surface area contributed by atoms with Crippen molar-refractivity contribution in [2.45, 2.75) is 33.3 Å². The zero-order valence-electron chi connectivity index (χ0n) is 11.0. The number of hydrogen-bond acceptors (Lipinski definition) is 6. The van der Waals surface area contributed by atoms with Crippen molar-refractivity contribution < 1.29 is 24.0 Å². The Morgan fingerprint density at radius 2 is 2.32 bits per heavy atom. The van der Waals surface area contributed by atoms with Crippen LogP contribution < -0.4 is 5.32 Å². The largest absolute Gasteiger partial charge is 0.477 e. The normalized spacial score (nSPS) is 12.9. The molecule has 104 valence electrons. The minimum atomic E-state index is -1.38. The average Bonchev–Trinajstić information content (AvgIpc) is 2.74. The van der Waals surface area contributed by atoms with E-state index in [1.54, 1.807) is 19.9 Å². The van der Waals surface area contributed by atoms with Crippen molar-refractivity contribution in [3.63, 3.8) is 0 Å². The molecule has 0 aromatic carbocycles. The first-order valence-corrected chi connectivity index (χ1v) is 5.78. The molecule has 0 radical (unpaired) electrons. The maximum absolute atomic E-state index is 11.6. The lowest BCUT2D eigenvalue weighted by Crippen LogP contribution is -2.21. The summed E-state index contributed by atoms with van der Waals surface area (Å²) in [6.07, 6.45) is 1.28. The molecular formula is C12H16N2O5. The van der Waals surface area contributed by atoms with E-state index >= 15 is 0 Å². The summed E-state index contributed by atoms with van der Waals surface area (Å²) >= 11 is 0. The summed E-state index contributed by atoms with van der Waals surface area (Å²) in [4.78, 5) is 22.6. The molecule has 0 aliphatic carbocycles. The monoisotopic (exact) mass is 268 g/mol. The number of nitrogens with zero attached hydrogens (tertiary/aromatic N) is 1. The SMILES string of the molecule is CCC(C)OC(=O)C(=CNc1cc(C)no1)C(=O)O. The molecule has 1 heterocycles. The van der Waals surface area contributed by atoms with Gasteiger partial charge in [0.2, 0.25) is 5.88 Å². The fourth-order valence-corrected chi connectivity index (χ4v) is 1.11. The highest BCUT2D eigenvalue weighted by Crippen LogP contribution is 2.10. The van der Waals surface area contributed by atoms with Crippen LogP contribution in [0, 0.1) is 6.92 Å². The van der Waals surface area contributed by atoms with Crippen molar-refractivity contribution >= 4 is 17.8 Å². The molecule has 1 unspecified atom stereocenters. The Morgan fingerprint density at radius 3 is 2.79 bits per heavy atom. The van der Waals surface area contributed by atoms with E-state index < -0.39 is 17.5 Å². The number of aliphatic carboxylic acids is 1. The first-order valence-electron chi connectivity index (χ1n) is 5.78. The maximum atomic E-state index is 11.6. The zero-order valence-corrected chi connectivity index (χ0v) is 11.0. The molecule has 0 aliphatic rings. The molecule has 0 saturated carbocycles. The van der Waals surface area contributed by atoms with Gasteiger partial charge in [-0.25, -0.2) is 9.59 Å². The predicted molar refractivity (Wildman–Crippen MR) is 66.4 cm³/mol. The quantitative estimate of drug-likeness (QED) is 0.350. The molecular weight excluding hydrogens is 252 g/mol. The fourth-order valence-electron chi connectivity index (χ4n) is 1.11. The molecule has 1 aromatic rings. The van der Waals surface area contributed by atoms with E-state index in [1.807, 2.05) is 6.92 Å². The van der Waals surface area contributed by atoms with Crippen molar-refractivity contribution in [2.24, 2.45) is 0 Å². The van der Waals surface area contributed by atoms with E-state index in [0.29, 0.717) is 12.1 Å². The molecule has 0 aliphatic heterocycles. The summed E-state index contributed by atoms with van der Waals surface area (Å²) in [6.45, 7) is 5.23. The van der Waals surface area contributed by atoms with Gasteiger partial charge in [0, 0.05) is 12.3 Å². The average molecular weight is 268 g/mol. The molecule has 0 bridgehead atoms. The number of nitrogens with one attached hydrogen (secondary N) is 1. The van der Waals surface area contributed by atoms with Crippen LogP contribution >= 0.6 is 0 Å². The highest BCUT2D eigenvalue weighted by Gasteiger charge is 2.21. The van der Waals surface area contributed by atoms with E-state index in [2.05, 4.69) is 10.5 Å². The lowest BCUT2D eigenvalue weighted by Gasteiger charge is -2.10. The molecule has 7 heteroatoms. The predicted octanol–water partition coefficient (Wildman–Crippen LogP) is 1.71. The molecule has 19 heavy (non-hydrogen) atoms. The van der Waals surface area contributed by atoms with Crippen LogP contribution in [0.2, 0.25) is 0 Å². The van der Waals surface area contributed by atoms with Crippen LogP contribution in [0.1, 0.15) is 26.0 Å². The number of hydrogen-bond donors (Lipinski definition) is 2. The Morgan fingerprint density at radius 1 is 1.63 bits per heavy atom. The van der Waals surface area contributed by atoms with Gasteiger partial charge in [-0.2, -0.15) is 0 Å². The van der Waals surface area contributed by atoms with Gasteiger partial charge < -0.3 is 19.7 Å². The number of ether oxygens (including phenoxy) is 1. The van der Waals surface area contributed by atoms with Crippen molar-refractivity contribution in [3.8, 4) is 0 Å². The van der Waals surface area contributed by atoms with E-state index in [4.69, 9.17) is 14.4 Å². The Hall–Kier alpha value is -2.31. The lowest BCUT2D eigenvalue weighted by atomic mass is 10.2. The molecule has 1 atom stereocenters. The minimum Gasteiger partial charge on any atom is -0.477 e. The van der Waals surface area contributed by atoms with Gasteiger partial charge in [-0.15, -0.1) is 0 Å². The molecule has 0 spiro atoms. The standard InChI is InChI=1S/C12H16N2O5/c1-4-8(3)18-12(17)9(11(15)16)6-13-10-5-7(2)14-19-10/h5-6,8,13H,4H2,1-3H3,(H,15,16). The number of carbonyl (C=O) groups is 2. The smallest absolute Gasteiger partial charge is 0.347 e. The summed E-state index contributed by atoms with van der Waals surface area (Å²) < 4.78 is 9.77. The number of aromatic nitrogens is 1. The van der Waals surface area contributed by atoms with E-state index in [9.17, 15) is 9.59 Å². The fraction of sp³-hybridized carbons (Fsp3) is 0.417. The Kier molecular flexibility index (Phi) is 5.11. The van der Waals surface area contributed by atoms with Crippen LogP contribution in [0.4, 0.5) is 5.88 Å². The van der Waals surface area contributed by atoms with E-state index in [1.165, 1.54) is 0 Å². The Labute approximate surface area is 110 Å². The van der Waals surface area contributed by atoms with Crippen LogP contribution in [-0.4, -0.2) is 28.3 Å². The van der Waals surface area contributed by atoms with Gasteiger partial charge in [-0.1, -0.05) is 12.1 Å². The number of esters is 1. The minimum absolute atomic E-state index is 0.243. The van der Waals surface area contributed by atoms with Gasteiger partial charge in [-0.3, -0.25) is 0 Å². The lowest BCUT2D eigenvalue weighted by molar-refractivity contribution is -0.147. The van der Waals surface area contributed by atoms with E-state index in [0.717, 1.165) is 6.20 Å². The zero-order chi connectivity index (χ0) is 14.4. The van der Waals surface area contributed by atoms with Crippen LogP contribution in [0.3, 0.4) is 0 Å².